The number of aryl methyl sites for hydroxylation is 1. The van der Waals surface area contributed by atoms with Gasteiger partial charge in [0.05, 0.1) is 0 Å². The van der Waals surface area contributed by atoms with Gasteiger partial charge in [-0.15, -0.1) is 0 Å². The maximum atomic E-state index is 12.6. The van der Waals surface area contributed by atoms with Gasteiger partial charge in [-0.2, -0.15) is 0 Å². The zero-order valence-corrected chi connectivity index (χ0v) is 11.1. The van der Waals surface area contributed by atoms with E-state index < -0.39 is 0 Å². The van der Waals surface area contributed by atoms with Crippen molar-refractivity contribution < 1.29 is 4.79 Å². The third-order valence-electron chi connectivity index (χ3n) is 4.23. The molecule has 3 rings (SSSR count). The van der Waals surface area contributed by atoms with Crippen molar-refractivity contribution in [2.75, 3.05) is 19.6 Å². The van der Waals surface area contributed by atoms with Crippen molar-refractivity contribution in [1.82, 2.24) is 15.2 Å². The average Bonchev–Trinajstić information content (AvgIpc) is 2.86. The molecule has 0 spiro atoms. The Hall–Kier alpha value is -1.62. The number of piperidine rings is 1. The standard InChI is InChI=1S/C14H19N3O2/c1-9-4-5-11(13(18)16-9)14(19)17-6-2-3-10-7-15-8-12(10)17/h4-5,10,12,15H,2-3,6-8H2,1H3,(H,16,18). The molecule has 2 saturated heterocycles. The predicted molar refractivity (Wildman–Crippen MR) is 72.2 cm³/mol. The van der Waals surface area contributed by atoms with E-state index in [4.69, 9.17) is 0 Å². The molecule has 102 valence electrons. The quantitative estimate of drug-likeness (QED) is 0.774. The molecule has 1 amide bonds. The van der Waals surface area contributed by atoms with Gasteiger partial charge in [0.15, 0.2) is 0 Å². The lowest BCUT2D eigenvalue weighted by molar-refractivity contribution is 0.0573. The van der Waals surface area contributed by atoms with Gasteiger partial charge >= 0.3 is 0 Å². The third-order valence-corrected chi connectivity index (χ3v) is 4.23. The molecular weight excluding hydrogens is 242 g/mol. The molecule has 2 N–H and O–H groups in total. The van der Waals surface area contributed by atoms with Crippen molar-refractivity contribution >= 4 is 5.91 Å². The highest BCUT2D eigenvalue weighted by Crippen LogP contribution is 2.27. The van der Waals surface area contributed by atoms with Crippen molar-refractivity contribution in [3.05, 3.63) is 33.7 Å². The van der Waals surface area contributed by atoms with E-state index >= 15 is 0 Å². The minimum Gasteiger partial charge on any atom is -0.334 e. The Bertz CT molecular complexity index is 552. The maximum Gasteiger partial charge on any atom is 0.260 e. The molecule has 5 nitrogen and oxygen atoms in total. The number of rotatable bonds is 1. The highest BCUT2D eigenvalue weighted by atomic mass is 16.2. The Balaban J connectivity index is 1.88. The third kappa shape index (κ3) is 2.18. The molecule has 0 aliphatic carbocycles. The smallest absolute Gasteiger partial charge is 0.260 e. The number of pyridine rings is 1. The number of aromatic amines is 1. The van der Waals surface area contributed by atoms with E-state index in [2.05, 4.69) is 10.3 Å². The summed E-state index contributed by atoms with van der Waals surface area (Å²) in [4.78, 5) is 29.0. The van der Waals surface area contributed by atoms with Gasteiger partial charge in [0.25, 0.3) is 11.5 Å². The number of nitrogens with one attached hydrogen (secondary N) is 2. The number of likely N-dealkylation sites (tertiary alicyclic amines) is 1. The summed E-state index contributed by atoms with van der Waals surface area (Å²) in [6.07, 6.45) is 2.20. The van der Waals surface area contributed by atoms with Crippen molar-refractivity contribution in [3.8, 4) is 0 Å². The number of hydrogen-bond donors (Lipinski definition) is 2. The van der Waals surface area contributed by atoms with Gasteiger partial charge in [-0.1, -0.05) is 0 Å². The van der Waals surface area contributed by atoms with E-state index in [0.29, 0.717) is 5.92 Å². The predicted octanol–water partition coefficient (Wildman–Crippen LogP) is 0.507. The zero-order chi connectivity index (χ0) is 13.4. The van der Waals surface area contributed by atoms with Crippen LogP contribution in [0, 0.1) is 12.8 Å². The SMILES string of the molecule is Cc1ccc(C(=O)N2CCCC3CNCC32)c(=O)[nH]1. The molecule has 19 heavy (non-hydrogen) atoms. The van der Waals surface area contributed by atoms with Gasteiger partial charge in [0, 0.05) is 31.4 Å². The molecule has 2 atom stereocenters. The Labute approximate surface area is 112 Å². The molecule has 1 aromatic heterocycles. The van der Waals surface area contributed by atoms with Crippen LogP contribution < -0.4 is 10.9 Å². The molecule has 0 aromatic carbocycles. The molecule has 2 aliphatic heterocycles. The lowest BCUT2D eigenvalue weighted by atomic mass is 9.91. The molecule has 2 unspecified atom stereocenters. The topological polar surface area (TPSA) is 65.2 Å². The normalized spacial score (nSPS) is 26.3. The largest absolute Gasteiger partial charge is 0.334 e. The lowest BCUT2D eigenvalue weighted by Crippen LogP contribution is -2.49. The van der Waals surface area contributed by atoms with E-state index in [1.165, 1.54) is 6.42 Å². The molecule has 3 heterocycles. The molecule has 2 fully saturated rings. The summed E-state index contributed by atoms with van der Waals surface area (Å²) in [5.74, 6) is 0.418. The minimum absolute atomic E-state index is 0.125. The number of carbonyl (C=O) groups is 1. The van der Waals surface area contributed by atoms with Gasteiger partial charge in [0.1, 0.15) is 5.56 Å². The fourth-order valence-corrected chi connectivity index (χ4v) is 3.22. The summed E-state index contributed by atoms with van der Waals surface area (Å²) in [6, 6.07) is 3.67. The highest BCUT2D eigenvalue weighted by Gasteiger charge is 2.38. The molecule has 1 aromatic rings. The van der Waals surface area contributed by atoms with Crippen LogP contribution in [0.3, 0.4) is 0 Å². The van der Waals surface area contributed by atoms with Crippen molar-refractivity contribution in [2.24, 2.45) is 5.92 Å². The average molecular weight is 261 g/mol. The number of hydrogen-bond acceptors (Lipinski definition) is 3. The second-order valence-corrected chi connectivity index (χ2v) is 5.51. The van der Waals surface area contributed by atoms with Gasteiger partial charge in [-0.05, 0) is 37.8 Å². The summed E-state index contributed by atoms with van der Waals surface area (Å²) in [6.45, 7) is 4.40. The van der Waals surface area contributed by atoms with Gasteiger partial charge in [-0.3, -0.25) is 9.59 Å². The summed E-state index contributed by atoms with van der Waals surface area (Å²) in [7, 11) is 0. The summed E-state index contributed by atoms with van der Waals surface area (Å²) in [5, 5.41) is 3.34. The monoisotopic (exact) mass is 261 g/mol. The number of H-pyrrole nitrogens is 1. The molecule has 2 aliphatic rings. The lowest BCUT2D eigenvalue weighted by Gasteiger charge is -2.36. The minimum atomic E-state index is -0.280. The summed E-state index contributed by atoms with van der Waals surface area (Å²) in [5.41, 5.74) is 0.761. The fraction of sp³-hybridized carbons (Fsp3) is 0.571. The Kier molecular flexibility index (Phi) is 3.14. The first kappa shape index (κ1) is 12.4. The molecule has 5 heteroatoms. The first-order valence-corrected chi connectivity index (χ1v) is 6.88. The first-order chi connectivity index (χ1) is 9.16. The van der Waals surface area contributed by atoms with Crippen LogP contribution in [0.25, 0.3) is 0 Å². The number of carbonyl (C=O) groups excluding carboxylic acids is 1. The molecule has 0 bridgehead atoms. The van der Waals surface area contributed by atoms with Crippen molar-refractivity contribution in [3.63, 3.8) is 0 Å². The van der Waals surface area contributed by atoms with Gasteiger partial charge in [0.2, 0.25) is 0 Å². The van der Waals surface area contributed by atoms with Crippen LogP contribution in [0.2, 0.25) is 0 Å². The Morgan fingerprint density at radius 1 is 1.37 bits per heavy atom. The van der Waals surface area contributed by atoms with Crippen LogP contribution in [0.15, 0.2) is 16.9 Å². The number of nitrogens with zero attached hydrogens (tertiary/aromatic N) is 1. The van der Waals surface area contributed by atoms with Crippen LogP contribution in [-0.4, -0.2) is 41.5 Å². The number of fused-ring (bicyclic) bond motifs is 1. The van der Waals surface area contributed by atoms with Gasteiger partial charge in [-0.25, -0.2) is 0 Å². The first-order valence-electron chi connectivity index (χ1n) is 6.88. The maximum absolute atomic E-state index is 12.6. The van der Waals surface area contributed by atoms with E-state index in [9.17, 15) is 9.59 Å². The zero-order valence-electron chi connectivity index (χ0n) is 11.1. The van der Waals surface area contributed by atoms with Crippen LogP contribution >= 0.6 is 0 Å². The van der Waals surface area contributed by atoms with E-state index in [1.807, 2.05) is 11.8 Å². The van der Waals surface area contributed by atoms with Crippen LogP contribution in [-0.2, 0) is 0 Å². The molecular formula is C14H19N3O2. The highest BCUT2D eigenvalue weighted by molar-refractivity contribution is 5.94. The van der Waals surface area contributed by atoms with E-state index in [-0.39, 0.29) is 23.1 Å². The molecule has 0 saturated carbocycles. The van der Waals surface area contributed by atoms with Gasteiger partial charge < -0.3 is 15.2 Å². The Morgan fingerprint density at radius 3 is 3.00 bits per heavy atom. The second kappa shape index (κ2) is 4.81. The van der Waals surface area contributed by atoms with E-state index in [0.717, 1.165) is 31.7 Å². The summed E-state index contributed by atoms with van der Waals surface area (Å²) < 4.78 is 0. The van der Waals surface area contributed by atoms with Crippen LogP contribution in [0.5, 0.6) is 0 Å². The summed E-state index contributed by atoms with van der Waals surface area (Å²) >= 11 is 0. The molecule has 0 radical (unpaired) electrons. The fourth-order valence-electron chi connectivity index (χ4n) is 3.22. The van der Waals surface area contributed by atoms with Crippen LogP contribution in [0.1, 0.15) is 28.9 Å². The van der Waals surface area contributed by atoms with Crippen molar-refractivity contribution in [2.45, 2.75) is 25.8 Å². The number of amides is 1. The Morgan fingerprint density at radius 2 is 2.21 bits per heavy atom. The van der Waals surface area contributed by atoms with E-state index in [1.54, 1.807) is 12.1 Å². The number of aromatic nitrogens is 1. The second-order valence-electron chi connectivity index (χ2n) is 5.51. The van der Waals surface area contributed by atoms with Crippen molar-refractivity contribution in [1.29, 1.82) is 0 Å². The van der Waals surface area contributed by atoms with Crippen LogP contribution in [0.4, 0.5) is 0 Å².